The van der Waals surface area contributed by atoms with Crippen molar-refractivity contribution < 1.29 is 25.2 Å². The van der Waals surface area contributed by atoms with Gasteiger partial charge in [-0.25, -0.2) is 0 Å². The van der Waals surface area contributed by atoms with Crippen LogP contribution in [0, 0.1) is 0 Å². The van der Waals surface area contributed by atoms with Gasteiger partial charge in [-0.3, -0.25) is 4.79 Å². The highest BCUT2D eigenvalue weighted by molar-refractivity contribution is 5.80. The molecule has 0 bridgehead atoms. The number of carbonyl (C=O) groups is 1. The minimum atomic E-state index is -1.29. The normalized spacial score (nSPS) is 14.1. The molecule has 0 radical (unpaired) electrons. The van der Waals surface area contributed by atoms with Crippen LogP contribution in [-0.4, -0.2) is 57.3 Å². The summed E-state index contributed by atoms with van der Waals surface area (Å²) in [5.41, 5.74) is 0. The summed E-state index contributed by atoms with van der Waals surface area (Å²) in [6, 6.07) is -1.01. The highest BCUT2D eigenvalue weighted by Crippen LogP contribution is 2.17. The summed E-state index contributed by atoms with van der Waals surface area (Å²) in [6.45, 7) is 3.92. The summed E-state index contributed by atoms with van der Waals surface area (Å²) in [5, 5.41) is 43.5. The Morgan fingerprint density at radius 2 is 0.714 bits per heavy atom. The predicted molar refractivity (Wildman–Crippen MR) is 274 cm³/mol. The van der Waals surface area contributed by atoms with E-state index >= 15 is 0 Å². The minimum absolute atomic E-state index is 0.361. The zero-order chi connectivity index (χ0) is 45.9. The van der Waals surface area contributed by atoms with Crippen molar-refractivity contribution in [1.82, 2.24) is 5.32 Å². The van der Waals surface area contributed by atoms with Crippen LogP contribution in [0.25, 0.3) is 0 Å². The van der Waals surface area contributed by atoms with Gasteiger partial charge in [0.2, 0.25) is 5.91 Å². The van der Waals surface area contributed by atoms with Gasteiger partial charge < -0.3 is 25.7 Å². The molecule has 6 heteroatoms. The second-order valence-electron chi connectivity index (χ2n) is 19.2. The number of unbranched alkanes of at least 4 members (excludes halogenated alkanes) is 36. The maximum absolute atomic E-state index is 12.5. The van der Waals surface area contributed by atoms with Crippen molar-refractivity contribution in [1.29, 1.82) is 0 Å². The molecule has 63 heavy (non-hydrogen) atoms. The molecule has 4 unspecified atom stereocenters. The lowest BCUT2D eigenvalue weighted by Gasteiger charge is -2.27. The van der Waals surface area contributed by atoms with E-state index in [1.165, 1.54) is 212 Å². The van der Waals surface area contributed by atoms with Gasteiger partial charge in [-0.2, -0.15) is 0 Å². The maximum atomic E-state index is 12.5. The third-order valence-electron chi connectivity index (χ3n) is 13.1. The van der Waals surface area contributed by atoms with Gasteiger partial charge in [0.25, 0.3) is 0 Å². The highest BCUT2D eigenvalue weighted by Gasteiger charge is 2.28. The zero-order valence-electron chi connectivity index (χ0n) is 42.1. The second-order valence-corrected chi connectivity index (χ2v) is 19.2. The molecular formula is C57H109NO5. The van der Waals surface area contributed by atoms with E-state index in [9.17, 15) is 25.2 Å². The Morgan fingerprint density at radius 1 is 0.397 bits per heavy atom. The first-order valence-corrected chi connectivity index (χ1v) is 27.9. The van der Waals surface area contributed by atoms with Crippen molar-refractivity contribution in [2.75, 3.05) is 6.61 Å². The number of hydrogen-bond acceptors (Lipinski definition) is 5. The van der Waals surface area contributed by atoms with Crippen molar-refractivity contribution in [3.05, 3.63) is 36.5 Å². The van der Waals surface area contributed by atoms with Gasteiger partial charge >= 0.3 is 0 Å². The number of nitrogens with one attached hydrogen (secondary N) is 1. The molecule has 0 spiro atoms. The number of aliphatic hydroxyl groups is 4. The topological polar surface area (TPSA) is 110 Å². The van der Waals surface area contributed by atoms with Crippen molar-refractivity contribution >= 4 is 5.91 Å². The molecule has 0 aromatic heterocycles. The molecule has 0 saturated carbocycles. The van der Waals surface area contributed by atoms with Crippen LogP contribution in [0.1, 0.15) is 290 Å². The molecule has 0 aliphatic heterocycles. The van der Waals surface area contributed by atoms with Gasteiger partial charge in [-0.1, -0.05) is 256 Å². The fourth-order valence-corrected chi connectivity index (χ4v) is 8.72. The molecule has 0 aliphatic rings. The number of rotatable bonds is 51. The SMILES string of the molecule is CC/C=C/CC/C=C/CCCC(O)C(O)C(CO)NC(=O)C(O)CCCCCCCCCCCCCCCCCC/C=C\CCCCCCCCCCCCCCCCCCCC. The Kier molecular flexibility index (Phi) is 50.3. The molecule has 5 N–H and O–H groups in total. The number of allylic oxidation sites excluding steroid dienone is 6. The molecule has 4 atom stereocenters. The lowest BCUT2D eigenvalue weighted by molar-refractivity contribution is -0.132. The van der Waals surface area contributed by atoms with Crippen molar-refractivity contribution in [3.8, 4) is 0 Å². The van der Waals surface area contributed by atoms with E-state index in [1.54, 1.807) is 0 Å². The zero-order valence-corrected chi connectivity index (χ0v) is 42.1. The fourth-order valence-electron chi connectivity index (χ4n) is 8.72. The summed E-state index contributed by atoms with van der Waals surface area (Å²) < 4.78 is 0. The number of carbonyl (C=O) groups excluding carboxylic acids is 1. The molecule has 0 fully saturated rings. The lowest BCUT2D eigenvalue weighted by atomic mass is 10.00. The number of hydrogen-bond donors (Lipinski definition) is 5. The summed E-state index contributed by atoms with van der Waals surface area (Å²) in [6.07, 6.45) is 64.1. The molecule has 0 rings (SSSR count). The Hall–Kier alpha value is -1.47. The van der Waals surface area contributed by atoms with Crippen LogP contribution in [-0.2, 0) is 4.79 Å². The number of aliphatic hydroxyl groups excluding tert-OH is 4. The summed E-state index contributed by atoms with van der Waals surface area (Å²) in [5.74, 6) is -0.598. The smallest absolute Gasteiger partial charge is 0.249 e. The van der Waals surface area contributed by atoms with Crippen molar-refractivity contribution in [2.45, 2.75) is 314 Å². The van der Waals surface area contributed by atoms with Gasteiger partial charge in [-0.15, -0.1) is 0 Å². The highest BCUT2D eigenvalue weighted by atomic mass is 16.3. The van der Waals surface area contributed by atoms with Gasteiger partial charge in [-0.05, 0) is 70.6 Å². The first kappa shape index (κ1) is 61.5. The maximum Gasteiger partial charge on any atom is 0.249 e. The van der Waals surface area contributed by atoms with E-state index in [0.717, 1.165) is 44.9 Å². The third-order valence-corrected chi connectivity index (χ3v) is 13.1. The van der Waals surface area contributed by atoms with Gasteiger partial charge in [0.1, 0.15) is 12.2 Å². The standard InChI is InChI=1S/C57H109NO5/c1-3-5-7-9-11-13-14-15-16-17-18-19-20-21-22-23-24-25-26-27-28-29-30-31-32-33-34-35-36-37-38-39-40-41-43-45-47-49-51-55(61)57(63)58-53(52-59)56(62)54(60)50-48-46-44-42-12-10-8-6-4-2/h6,8,27-28,42,44,53-56,59-62H,3-5,7,9-26,29-41,43,45-52H2,1-2H3,(H,58,63)/b8-6+,28-27-,44-42+. The van der Waals surface area contributed by atoms with Crippen LogP contribution >= 0.6 is 0 Å². The molecule has 372 valence electrons. The third kappa shape index (κ3) is 45.5. The average molecular weight is 889 g/mol. The van der Waals surface area contributed by atoms with Crippen molar-refractivity contribution in [2.24, 2.45) is 0 Å². The Labute approximate surface area is 392 Å². The van der Waals surface area contributed by atoms with E-state index in [1.807, 2.05) is 0 Å². The Morgan fingerprint density at radius 3 is 1.08 bits per heavy atom. The second kappa shape index (κ2) is 51.5. The monoisotopic (exact) mass is 888 g/mol. The van der Waals surface area contributed by atoms with E-state index < -0.39 is 36.9 Å². The summed E-state index contributed by atoms with van der Waals surface area (Å²) >= 11 is 0. The van der Waals surface area contributed by atoms with Gasteiger partial charge in [0, 0.05) is 0 Å². The summed E-state index contributed by atoms with van der Waals surface area (Å²) in [7, 11) is 0. The van der Waals surface area contributed by atoms with E-state index in [0.29, 0.717) is 19.3 Å². The van der Waals surface area contributed by atoms with Crippen LogP contribution < -0.4 is 5.32 Å². The van der Waals surface area contributed by atoms with Crippen LogP contribution in [0.3, 0.4) is 0 Å². The first-order chi connectivity index (χ1) is 31.0. The summed E-state index contributed by atoms with van der Waals surface area (Å²) in [4.78, 5) is 12.5. The van der Waals surface area contributed by atoms with Gasteiger partial charge in [0.05, 0.1) is 18.8 Å². The van der Waals surface area contributed by atoms with E-state index in [-0.39, 0.29) is 0 Å². The Balaban J connectivity index is 3.47. The van der Waals surface area contributed by atoms with Crippen LogP contribution in [0.2, 0.25) is 0 Å². The molecule has 0 saturated heterocycles. The molecule has 0 aromatic rings. The molecule has 0 heterocycles. The molecule has 1 amide bonds. The minimum Gasteiger partial charge on any atom is -0.394 e. The molecular weight excluding hydrogens is 779 g/mol. The van der Waals surface area contributed by atoms with E-state index in [2.05, 4.69) is 55.6 Å². The van der Waals surface area contributed by atoms with Crippen LogP contribution in [0.15, 0.2) is 36.5 Å². The molecule has 6 nitrogen and oxygen atoms in total. The van der Waals surface area contributed by atoms with Crippen LogP contribution in [0.4, 0.5) is 0 Å². The quantitative estimate of drug-likeness (QED) is 0.0309. The lowest BCUT2D eigenvalue weighted by Crippen LogP contribution is -2.53. The fraction of sp³-hybridized carbons (Fsp3) is 0.877. The van der Waals surface area contributed by atoms with Gasteiger partial charge in [0.15, 0.2) is 0 Å². The van der Waals surface area contributed by atoms with E-state index in [4.69, 9.17) is 0 Å². The average Bonchev–Trinajstić information content (AvgIpc) is 3.29. The van der Waals surface area contributed by atoms with Crippen LogP contribution in [0.5, 0.6) is 0 Å². The number of amides is 1. The van der Waals surface area contributed by atoms with Crippen molar-refractivity contribution in [3.63, 3.8) is 0 Å². The largest absolute Gasteiger partial charge is 0.394 e. The first-order valence-electron chi connectivity index (χ1n) is 27.9. The predicted octanol–water partition coefficient (Wildman–Crippen LogP) is 16.0. The Bertz CT molecular complexity index is 997. The molecule has 0 aromatic carbocycles. The molecule has 0 aliphatic carbocycles.